The van der Waals surface area contributed by atoms with Gasteiger partial charge in [0.2, 0.25) is 0 Å². The van der Waals surface area contributed by atoms with Gasteiger partial charge >= 0.3 is 0 Å². The topological polar surface area (TPSA) is 0 Å². The summed E-state index contributed by atoms with van der Waals surface area (Å²) >= 11 is 0. The summed E-state index contributed by atoms with van der Waals surface area (Å²) in [6.07, 6.45) is 7.60. The summed E-state index contributed by atoms with van der Waals surface area (Å²) in [6.45, 7) is 4.47. The standard InChI is InChI=1S/C9H18Si/c1-3-5-7-9-10-8-6-4-2/h7,9H,3-6,8H2,1-2H3/b9-7+. The molecule has 0 amide bonds. The minimum atomic E-state index is 1.07. The van der Waals surface area contributed by atoms with Crippen molar-refractivity contribution in [2.24, 2.45) is 0 Å². The van der Waals surface area contributed by atoms with Crippen molar-refractivity contribution in [1.29, 1.82) is 0 Å². The summed E-state index contributed by atoms with van der Waals surface area (Å²) in [4.78, 5) is 0. The van der Waals surface area contributed by atoms with E-state index in [9.17, 15) is 0 Å². The zero-order chi connectivity index (χ0) is 7.66. The highest BCUT2D eigenvalue weighted by Gasteiger charge is 1.82. The van der Waals surface area contributed by atoms with Gasteiger partial charge in [-0.3, -0.25) is 0 Å². The fraction of sp³-hybridized carbons (Fsp3) is 0.778. The average Bonchev–Trinajstić information content (AvgIpc) is 1.97. The first-order valence-electron chi connectivity index (χ1n) is 4.30. The van der Waals surface area contributed by atoms with Crippen LogP contribution in [0.5, 0.6) is 0 Å². The van der Waals surface area contributed by atoms with Gasteiger partial charge in [0.05, 0.1) is 9.52 Å². The molecule has 1 heteroatoms. The molecule has 0 atom stereocenters. The second-order valence-corrected chi connectivity index (χ2v) is 3.74. The van der Waals surface area contributed by atoms with E-state index in [0.29, 0.717) is 0 Å². The van der Waals surface area contributed by atoms with Crippen LogP contribution in [0.25, 0.3) is 0 Å². The molecular formula is C9H18Si. The number of hydrogen-bond donors (Lipinski definition) is 0. The fourth-order valence-corrected chi connectivity index (χ4v) is 1.75. The van der Waals surface area contributed by atoms with Crippen molar-refractivity contribution in [3.63, 3.8) is 0 Å². The fourth-order valence-electron chi connectivity index (χ4n) is 0.696. The third-order valence-corrected chi connectivity index (χ3v) is 2.48. The van der Waals surface area contributed by atoms with Crippen LogP contribution in [-0.2, 0) is 0 Å². The Morgan fingerprint density at radius 2 is 2.00 bits per heavy atom. The lowest BCUT2D eigenvalue weighted by Crippen LogP contribution is -1.82. The summed E-state index contributed by atoms with van der Waals surface area (Å²) in [6, 6.07) is 1.40. The van der Waals surface area contributed by atoms with E-state index in [4.69, 9.17) is 0 Å². The largest absolute Gasteiger partial charge is 0.103 e. The van der Waals surface area contributed by atoms with Gasteiger partial charge < -0.3 is 0 Å². The molecule has 0 spiro atoms. The molecule has 0 saturated heterocycles. The third kappa shape index (κ3) is 7.96. The molecule has 0 aliphatic heterocycles. The summed E-state index contributed by atoms with van der Waals surface area (Å²) < 4.78 is 0. The van der Waals surface area contributed by atoms with Gasteiger partial charge in [0.15, 0.2) is 0 Å². The second-order valence-electron chi connectivity index (χ2n) is 2.50. The van der Waals surface area contributed by atoms with Crippen molar-refractivity contribution in [2.75, 3.05) is 0 Å². The van der Waals surface area contributed by atoms with Gasteiger partial charge in [-0.05, 0) is 6.42 Å². The average molecular weight is 154 g/mol. The first-order chi connectivity index (χ1) is 4.91. The van der Waals surface area contributed by atoms with Gasteiger partial charge in [0.1, 0.15) is 0 Å². The smallest absolute Gasteiger partial charge is 0.0698 e. The maximum absolute atomic E-state index is 2.35. The maximum atomic E-state index is 2.35. The molecule has 0 fully saturated rings. The molecule has 0 aliphatic carbocycles. The van der Waals surface area contributed by atoms with Crippen LogP contribution in [0.15, 0.2) is 11.8 Å². The molecule has 0 aromatic heterocycles. The van der Waals surface area contributed by atoms with Crippen molar-refractivity contribution in [3.8, 4) is 0 Å². The SMILES string of the molecule is CCC/C=C/[Si]CCCC. The van der Waals surface area contributed by atoms with Crippen molar-refractivity contribution in [2.45, 2.75) is 45.6 Å². The minimum Gasteiger partial charge on any atom is -0.103 e. The van der Waals surface area contributed by atoms with Crippen molar-refractivity contribution in [3.05, 3.63) is 11.8 Å². The monoisotopic (exact) mass is 154 g/mol. The molecule has 0 nitrogen and oxygen atoms in total. The summed E-state index contributed by atoms with van der Waals surface area (Å²) in [5.74, 6) is 0. The highest BCUT2D eigenvalue weighted by molar-refractivity contribution is 6.41. The third-order valence-electron chi connectivity index (χ3n) is 1.37. The molecule has 0 N–H and O–H groups in total. The second kappa shape index (κ2) is 8.96. The number of unbranched alkanes of at least 4 members (excludes halogenated alkanes) is 2. The van der Waals surface area contributed by atoms with Crippen LogP contribution < -0.4 is 0 Å². The Morgan fingerprint density at radius 1 is 1.20 bits per heavy atom. The number of hydrogen-bond acceptors (Lipinski definition) is 0. The van der Waals surface area contributed by atoms with E-state index in [-0.39, 0.29) is 0 Å². The van der Waals surface area contributed by atoms with E-state index in [1.165, 1.54) is 31.7 Å². The summed E-state index contributed by atoms with van der Waals surface area (Å²) in [5, 5.41) is 0. The van der Waals surface area contributed by atoms with Crippen molar-refractivity contribution >= 4 is 9.52 Å². The molecular weight excluding hydrogens is 136 g/mol. The molecule has 0 heterocycles. The van der Waals surface area contributed by atoms with E-state index in [1.54, 1.807) is 0 Å². The minimum absolute atomic E-state index is 1.07. The first-order valence-corrected chi connectivity index (χ1v) is 5.58. The quantitative estimate of drug-likeness (QED) is 0.407. The lowest BCUT2D eigenvalue weighted by Gasteiger charge is -1.89. The zero-order valence-electron chi connectivity index (χ0n) is 7.19. The Labute approximate surface area is 67.5 Å². The molecule has 0 aromatic rings. The van der Waals surface area contributed by atoms with Crippen molar-refractivity contribution in [1.82, 2.24) is 0 Å². The van der Waals surface area contributed by atoms with Crippen LogP contribution in [-0.4, -0.2) is 9.52 Å². The summed E-state index contributed by atoms with van der Waals surface area (Å²) in [7, 11) is 1.07. The molecule has 0 rings (SSSR count). The molecule has 0 unspecified atom stereocenters. The van der Waals surface area contributed by atoms with Crippen LogP contribution in [0.2, 0.25) is 6.04 Å². The Kier molecular flexibility index (Phi) is 8.92. The first kappa shape index (κ1) is 9.96. The van der Waals surface area contributed by atoms with Crippen LogP contribution in [0, 0.1) is 0 Å². The van der Waals surface area contributed by atoms with Gasteiger partial charge in [-0.15, -0.1) is 5.70 Å². The number of rotatable bonds is 6. The van der Waals surface area contributed by atoms with Gasteiger partial charge in [-0.2, -0.15) is 0 Å². The molecule has 0 bridgehead atoms. The molecule has 0 aromatic carbocycles. The van der Waals surface area contributed by atoms with Crippen LogP contribution in [0.4, 0.5) is 0 Å². The predicted octanol–water partition coefficient (Wildman–Crippen LogP) is 3.22. The zero-order valence-corrected chi connectivity index (χ0v) is 8.19. The van der Waals surface area contributed by atoms with Gasteiger partial charge in [0, 0.05) is 0 Å². The normalized spacial score (nSPS) is 11.0. The van der Waals surface area contributed by atoms with Crippen LogP contribution >= 0.6 is 0 Å². The Hall–Kier alpha value is -0.0431. The molecule has 10 heavy (non-hydrogen) atoms. The van der Waals surface area contributed by atoms with Gasteiger partial charge in [-0.25, -0.2) is 0 Å². The molecule has 0 saturated carbocycles. The van der Waals surface area contributed by atoms with Gasteiger partial charge in [-0.1, -0.05) is 45.2 Å². The molecule has 0 aliphatic rings. The maximum Gasteiger partial charge on any atom is 0.0698 e. The lowest BCUT2D eigenvalue weighted by molar-refractivity contribution is 0.880. The summed E-state index contributed by atoms with van der Waals surface area (Å²) in [5.41, 5.74) is 2.35. The molecule has 2 radical (unpaired) electrons. The predicted molar refractivity (Wildman–Crippen MR) is 49.5 cm³/mol. The lowest BCUT2D eigenvalue weighted by atomic mass is 10.3. The van der Waals surface area contributed by atoms with Crippen LogP contribution in [0.1, 0.15) is 39.5 Å². The van der Waals surface area contributed by atoms with Crippen molar-refractivity contribution < 1.29 is 0 Å². The highest BCUT2D eigenvalue weighted by Crippen LogP contribution is 1.94. The van der Waals surface area contributed by atoms with Crippen LogP contribution in [0.3, 0.4) is 0 Å². The molecule has 58 valence electrons. The Balaban J connectivity index is 2.88. The van der Waals surface area contributed by atoms with E-state index >= 15 is 0 Å². The van der Waals surface area contributed by atoms with E-state index in [0.717, 1.165) is 9.52 Å². The Morgan fingerprint density at radius 3 is 2.60 bits per heavy atom. The van der Waals surface area contributed by atoms with E-state index < -0.39 is 0 Å². The van der Waals surface area contributed by atoms with Gasteiger partial charge in [0.25, 0.3) is 0 Å². The number of allylic oxidation sites excluding steroid dienone is 1. The van der Waals surface area contributed by atoms with E-state index in [1.807, 2.05) is 0 Å². The Bertz CT molecular complexity index is 76.8. The van der Waals surface area contributed by atoms with E-state index in [2.05, 4.69) is 25.6 Å². The highest BCUT2D eigenvalue weighted by atomic mass is 28.2.